The number of rotatable bonds is 0. The summed E-state index contributed by atoms with van der Waals surface area (Å²) in [5.41, 5.74) is 1.95. The Labute approximate surface area is 71.1 Å². The van der Waals surface area contributed by atoms with E-state index >= 15 is 0 Å². The zero-order valence-electron chi connectivity index (χ0n) is 7.21. The van der Waals surface area contributed by atoms with Crippen molar-refractivity contribution in [3.05, 3.63) is 23.7 Å². The van der Waals surface area contributed by atoms with Crippen LogP contribution in [0.5, 0.6) is 0 Å². The third-order valence-electron chi connectivity index (χ3n) is 2.05. The summed E-state index contributed by atoms with van der Waals surface area (Å²) >= 11 is 0. The minimum absolute atomic E-state index is 0.146. The second-order valence-corrected chi connectivity index (χ2v) is 3.31. The fourth-order valence-electron chi connectivity index (χ4n) is 1.60. The maximum absolute atomic E-state index is 13.2. The average molecular weight is 166 g/mol. The number of fused-ring (bicyclic) bond motifs is 1. The van der Waals surface area contributed by atoms with Crippen LogP contribution in [0.2, 0.25) is 0 Å². The molecule has 0 saturated carbocycles. The van der Waals surface area contributed by atoms with Crippen molar-refractivity contribution >= 4 is 5.71 Å². The van der Waals surface area contributed by atoms with E-state index in [9.17, 15) is 4.39 Å². The van der Waals surface area contributed by atoms with Gasteiger partial charge >= 0.3 is 0 Å². The van der Waals surface area contributed by atoms with Crippen LogP contribution in [0, 0.1) is 0 Å². The molecule has 0 amide bonds. The standard InChI is InChI=1S/C9H11FN2/c1-6-3-8(10)9-11-7(2)5-12(9)4-6/h3-4,9H,5H2,1-2H3. The maximum Gasteiger partial charge on any atom is 0.173 e. The van der Waals surface area contributed by atoms with E-state index in [1.807, 2.05) is 24.9 Å². The van der Waals surface area contributed by atoms with Crippen molar-refractivity contribution < 1.29 is 4.39 Å². The quantitative estimate of drug-likeness (QED) is 0.536. The van der Waals surface area contributed by atoms with Gasteiger partial charge in [0.2, 0.25) is 0 Å². The SMILES string of the molecule is CC1=CN2CC(C)=NC2C(F)=C1. The average Bonchev–Trinajstić information content (AvgIpc) is 2.29. The van der Waals surface area contributed by atoms with Crippen molar-refractivity contribution in [1.82, 2.24) is 4.90 Å². The summed E-state index contributed by atoms with van der Waals surface area (Å²) in [6.45, 7) is 4.57. The Kier molecular flexibility index (Phi) is 1.53. The van der Waals surface area contributed by atoms with Gasteiger partial charge < -0.3 is 4.90 Å². The fraction of sp³-hybridized carbons (Fsp3) is 0.444. The third kappa shape index (κ3) is 1.05. The fourth-order valence-corrected chi connectivity index (χ4v) is 1.60. The molecule has 0 radical (unpaired) electrons. The Bertz CT molecular complexity index is 302. The van der Waals surface area contributed by atoms with Gasteiger partial charge in [-0.2, -0.15) is 0 Å². The molecule has 1 atom stereocenters. The first kappa shape index (κ1) is 7.53. The molecule has 2 aliphatic heterocycles. The molecule has 2 heterocycles. The highest BCUT2D eigenvalue weighted by Gasteiger charge is 2.28. The molecule has 0 aromatic carbocycles. The van der Waals surface area contributed by atoms with Crippen molar-refractivity contribution in [2.75, 3.05) is 6.54 Å². The first-order chi connectivity index (χ1) is 5.66. The predicted molar refractivity (Wildman–Crippen MR) is 46.6 cm³/mol. The van der Waals surface area contributed by atoms with Crippen LogP contribution in [-0.4, -0.2) is 23.3 Å². The number of allylic oxidation sites excluding steroid dienone is 2. The Balaban J connectivity index is 2.33. The second kappa shape index (κ2) is 2.44. The van der Waals surface area contributed by atoms with Crippen LogP contribution in [0.25, 0.3) is 0 Å². The Morgan fingerprint density at radius 1 is 1.58 bits per heavy atom. The van der Waals surface area contributed by atoms with Crippen molar-refractivity contribution in [3.63, 3.8) is 0 Å². The summed E-state index contributed by atoms with van der Waals surface area (Å²) in [7, 11) is 0. The van der Waals surface area contributed by atoms with Crippen LogP contribution in [0.15, 0.2) is 28.7 Å². The summed E-state index contributed by atoms with van der Waals surface area (Å²) < 4.78 is 13.2. The number of hydrogen-bond acceptors (Lipinski definition) is 2. The Morgan fingerprint density at radius 3 is 3.08 bits per heavy atom. The van der Waals surface area contributed by atoms with E-state index in [0.717, 1.165) is 17.8 Å². The minimum Gasteiger partial charge on any atom is -0.345 e. The maximum atomic E-state index is 13.2. The molecule has 0 spiro atoms. The summed E-state index contributed by atoms with van der Waals surface area (Å²) in [4.78, 5) is 6.10. The van der Waals surface area contributed by atoms with Crippen LogP contribution in [0.1, 0.15) is 13.8 Å². The van der Waals surface area contributed by atoms with Gasteiger partial charge in [0, 0.05) is 11.9 Å². The first-order valence-electron chi connectivity index (χ1n) is 4.01. The number of hydrogen-bond donors (Lipinski definition) is 0. The van der Waals surface area contributed by atoms with Gasteiger partial charge in [-0.15, -0.1) is 0 Å². The molecule has 1 unspecified atom stereocenters. The monoisotopic (exact) mass is 166 g/mol. The molecule has 0 bridgehead atoms. The van der Waals surface area contributed by atoms with E-state index < -0.39 is 0 Å². The number of nitrogens with zero attached hydrogens (tertiary/aromatic N) is 2. The lowest BCUT2D eigenvalue weighted by atomic mass is 10.2. The number of halogens is 1. The molecule has 0 saturated heterocycles. The minimum atomic E-state index is -0.367. The third-order valence-corrected chi connectivity index (χ3v) is 2.05. The molecule has 2 rings (SSSR count). The van der Waals surface area contributed by atoms with E-state index in [1.54, 1.807) is 6.08 Å². The highest BCUT2D eigenvalue weighted by molar-refractivity contribution is 5.86. The first-order valence-corrected chi connectivity index (χ1v) is 4.01. The molecule has 2 nitrogen and oxygen atoms in total. The van der Waals surface area contributed by atoms with Crippen molar-refractivity contribution in [1.29, 1.82) is 0 Å². The second-order valence-electron chi connectivity index (χ2n) is 3.31. The largest absolute Gasteiger partial charge is 0.345 e. The molecule has 0 aromatic rings. The summed E-state index contributed by atoms with van der Waals surface area (Å²) in [5.74, 6) is -0.146. The van der Waals surface area contributed by atoms with Gasteiger partial charge in [0.1, 0.15) is 5.83 Å². The molecule has 2 aliphatic rings. The van der Waals surface area contributed by atoms with Crippen molar-refractivity contribution in [2.24, 2.45) is 4.99 Å². The van der Waals surface area contributed by atoms with Crippen LogP contribution < -0.4 is 0 Å². The highest BCUT2D eigenvalue weighted by Crippen LogP contribution is 2.25. The topological polar surface area (TPSA) is 15.6 Å². The molecular formula is C9H11FN2. The molecule has 12 heavy (non-hydrogen) atoms. The molecule has 64 valence electrons. The van der Waals surface area contributed by atoms with Gasteiger partial charge in [0.15, 0.2) is 6.17 Å². The van der Waals surface area contributed by atoms with E-state index in [0.29, 0.717) is 0 Å². The van der Waals surface area contributed by atoms with E-state index in [1.165, 1.54) is 0 Å². The van der Waals surface area contributed by atoms with Gasteiger partial charge in [0.05, 0.1) is 6.54 Å². The van der Waals surface area contributed by atoms with Crippen molar-refractivity contribution in [3.8, 4) is 0 Å². The zero-order chi connectivity index (χ0) is 8.72. The molecule has 0 N–H and O–H groups in total. The highest BCUT2D eigenvalue weighted by atomic mass is 19.1. The summed E-state index contributed by atoms with van der Waals surface area (Å²) in [5, 5.41) is 0. The molecule has 0 fully saturated rings. The zero-order valence-corrected chi connectivity index (χ0v) is 7.21. The van der Waals surface area contributed by atoms with Gasteiger partial charge in [-0.3, -0.25) is 4.99 Å². The van der Waals surface area contributed by atoms with Gasteiger partial charge in [0.25, 0.3) is 0 Å². The van der Waals surface area contributed by atoms with Crippen LogP contribution in [0.4, 0.5) is 4.39 Å². The lowest BCUT2D eigenvalue weighted by molar-refractivity contribution is 0.327. The van der Waals surface area contributed by atoms with E-state index in [2.05, 4.69) is 4.99 Å². The Hall–Kier alpha value is -1.12. The summed E-state index contributed by atoms with van der Waals surface area (Å²) in [6, 6.07) is 0. The van der Waals surface area contributed by atoms with Crippen LogP contribution in [-0.2, 0) is 0 Å². The Morgan fingerprint density at radius 2 is 2.33 bits per heavy atom. The lowest BCUT2D eigenvalue weighted by Gasteiger charge is -2.23. The summed E-state index contributed by atoms with van der Waals surface area (Å²) in [6.07, 6.45) is 3.13. The number of aliphatic imine (C=N–C) groups is 1. The van der Waals surface area contributed by atoms with Gasteiger partial charge in [-0.1, -0.05) is 0 Å². The van der Waals surface area contributed by atoms with Crippen LogP contribution in [0.3, 0.4) is 0 Å². The van der Waals surface area contributed by atoms with Crippen LogP contribution >= 0.6 is 0 Å². The predicted octanol–water partition coefficient (Wildman–Crippen LogP) is 1.86. The molecule has 0 aromatic heterocycles. The van der Waals surface area contributed by atoms with Crippen molar-refractivity contribution in [2.45, 2.75) is 20.0 Å². The molecule has 0 aliphatic carbocycles. The van der Waals surface area contributed by atoms with Gasteiger partial charge in [-0.05, 0) is 25.5 Å². The smallest absolute Gasteiger partial charge is 0.173 e. The molecular weight excluding hydrogens is 155 g/mol. The van der Waals surface area contributed by atoms with E-state index in [-0.39, 0.29) is 12.0 Å². The normalized spacial score (nSPS) is 27.8. The van der Waals surface area contributed by atoms with Gasteiger partial charge in [-0.25, -0.2) is 4.39 Å². The van der Waals surface area contributed by atoms with E-state index in [4.69, 9.17) is 0 Å². The lowest BCUT2D eigenvalue weighted by Crippen LogP contribution is -2.28. The molecule has 3 heteroatoms.